The van der Waals surface area contributed by atoms with Gasteiger partial charge in [0.15, 0.2) is 0 Å². The number of anilines is 1. The van der Waals surface area contributed by atoms with Gasteiger partial charge in [-0.05, 0) is 44.2 Å². The third-order valence-electron chi connectivity index (χ3n) is 4.81. The number of carbonyl (C=O) groups is 2. The highest BCUT2D eigenvalue weighted by Crippen LogP contribution is 2.33. The number of ether oxygens (including phenoxy) is 2. The van der Waals surface area contributed by atoms with Crippen LogP contribution < -0.4 is 15.4 Å². The fraction of sp³-hybridized carbons (Fsp3) is 0.579. The summed E-state index contributed by atoms with van der Waals surface area (Å²) in [6.07, 6.45) is 2.83. The molecule has 2 rings (SSSR count). The minimum Gasteiger partial charge on any atom is -0.495 e. The van der Waals surface area contributed by atoms with Crippen molar-refractivity contribution < 1.29 is 19.1 Å². The average Bonchev–Trinajstić information content (AvgIpc) is 2.64. The summed E-state index contributed by atoms with van der Waals surface area (Å²) >= 11 is 6.10. The first-order valence-electron chi connectivity index (χ1n) is 8.88. The average molecular weight is 383 g/mol. The molecular formula is C19H27ClN2O4. The van der Waals surface area contributed by atoms with Crippen LogP contribution in [-0.2, 0) is 14.3 Å². The number of hydrogen-bond donors (Lipinski definition) is 2. The molecule has 7 heteroatoms. The number of halogens is 1. The van der Waals surface area contributed by atoms with Gasteiger partial charge in [-0.2, -0.15) is 0 Å². The Morgan fingerprint density at radius 1 is 1.12 bits per heavy atom. The Kier molecular flexibility index (Phi) is 7.72. The van der Waals surface area contributed by atoms with E-state index in [0.717, 1.165) is 5.56 Å². The molecule has 1 fully saturated rings. The summed E-state index contributed by atoms with van der Waals surface area (Å²) in [5.41, 5.74) is 1.50. The molecule has 1 aromatic rings. The highest BCUT2D eigenvalue weighted by atomic mass is 35.5. The number of amides is 2. The van der Waals surface area contributed by atoms with Gasteiger partial charge in [-0.25, -0.2) is 0 Å². The second-order valence-corrected chi connectivity index (χ2v) is 7.03. The molecule has 0 saturated heterocycles. The van der Waals surface area contributed by atoms with Crippen LogP contribution in [0.15, 0.2) is 12.1 Å². The van der Waals surface area contributed by atoms with Crippen molar-refractivity contribution in [1.29, 1.82) is 0 Å². The van der Waals surface area contributed by atoms with E-state index in [4.69, 9.17) is 21.1 Å². The third kappa shape index (κ3) is 5.35. The predicted octanol–water partition coefficient (Wildman–Crippen LogP) is 3.16. The fourth-order valence-corrected chi connectivity index (χ4v) is 3.36. The Bertz CT molecular complexity index is 643. The van der Waals surface area contributed by atoms with Gasteiger partial charge in [-0.1, -0.05) is 11.6 Å². The molecule has 144 valence electrons. The molecule has 0 spiro atoms. The maximum Gasteiger partial charge on any atom is 0.227 e. The Morgan fingerprint density at radius 2 is 1.73 bits per heavy atom. The number of nitrogens with one attached hydrogen (secondary N) is 2. The van der Waals surface area contributed by atoms with Gasteiger partial charge in [0.25, 0.3) is 0 Å². The molecule has 0 aliphatic heterocycles. The Labute approximate surface area is 159 Å². The van der Waals surface area contributed by atoms with Crippen molar-refractivity contribution >= 4 is 29.1 Å². The zero-order valence-electron chi connectivity index (χ0n) is 15.6. The van der Waals surface area contributed by atoms with E-state index < -0.39 is 0 Å². The van der Waals surface area contributed by atoms with Crippen LogP contribution in [0, 0.1) is 18.8 Å². The summed E-state index contributed by atoms with van der Waals surface area (Å²) in [4.78, 5) is 24.7. The van der Waals surface area contributed by atoms with Crippen molar-refractivity contribution in [3.05, 3.63) is 22.7 Å². The van der Waals surface area contributed by atoms with Crippen LogP contribution >= 0.6 is 11.6 Å². The minimum absolute atomic E-state index is 0.0248. The number of hydrogen-bond acceptors (Lipinski definition) is 4. The number of rotatable bonds is 7. The van der Waals surface area contributed by atoms with E-state index in [1.807, 2.05) is 13.0 Å². The number of carbonyl (C=O) groups excluding carboxylic acids is 2. The van der Waals surface area contributed by atoms with Crippen LogP contribution in [0.25, 0.3) is 0 Å². The van der Waals surface area contributed by atoms with Crippen LogP contribution in [0.5, 0.6) is 5.75 Å². The quantitative estimate of drug-likeness (QED) is 0.710. The summed E-state index contributed by atoms with van der Waals surface area (Å²) in [7, 11) is 3.15. The lowest BCUT2D eigenvalue weighted by Gasteiger charge is -2.27. The van der Waals surface area contributed by atoms with Crippen LogP contribution in [0.4, 0.5) is 5.69 Å². The molecule has 26 heavy (non-hydrogen) atoms. The third-order valence-corrected chi connectivity index (χ3v) is 5.22. The molecule has 6 nitrogen and oxygen atoms in total. The summed E-state index contributed by atoms with van der Waals surface area (Å²) in [5, 5.41) is 6.41. The minimum atomic E-state index is -0.0984. The lowest BCUT2D eigenvalue weighted by molar-refractivity contribution is -0.128. The maximum absolute atomic E-state index is 12.6. The molecular weight excluding hydrogens is 356 g/mol. The predicted molar refractivity (Wildman–Crippen MR) is 102 cm³/mol. The van der Waals surface area contributed by atoms with Crippen LogP contribution in [0.1, 0.15) is 31.2 Å². The second kappa shape index (κ2) is 9.78. The molecule has 0 bridgehead atoms. The van der Waals surface area contributed by atoms with E-state index in [1.165, 1.54) is 0 Å². The summed E-state index contributed by atoms with van der Waals surface area (Å²) < 4.78 is 10.2. The summed E-state index contributed by atoms with van der Waals surface area (Å²) in [6, 6.07) is 3.52. The van der Waals surface area contributed by atoms with Gasteiger partial charge in [-0.15, -0.1) is 0 Å². The molecule has 2 amide bonds. The first-order valence-corrected chi connectivity index (χ1v) is 9.25. The molecule has 1 aliphatic rings. The van der Waals surface area contributed by atoms with Gasteiger partial charge >= 0.3 is 0 Å². The SMILES string of the molecule is COCCNC(=O)C1CCC(C(=O)Nc2cc(C)c(Cl)cc2OC)CC1. The van der Waals surface area contributed by atoms with Crippen molar-refractivity contribution in [1.82, 2.24) is 5.32 Å². The first kappa shape index (κ1) is 20.5. The van der Waals surface area contributed by atoms with Crippen molar-refractivity contribution in [3.8, 4) is 5.75 Å². The molecule has 0 heterocycles. The standard InChI is InChI=1S/C19H27ClN2O4/c1-12-10-16(17(26-3)11-15(12)20)22-19(24)14-6-4-13(5-7-14)18(23)21-8-9-25-2/h10-11,13-14H,4-9H2,1-3H3,(H,21,23)(H,22,24). The Morgan fingerprint density at radius 3 is 2.31 bits per heavy atom. The second-order valence-electron chi connectivity index (χ2n) is 6.62. The van der Waals surface area contributed by atoms with Crippen LogP contribution in [-0.4, -0.2) is 39.2 Å². The number of benzene rings is 1. The van der Waals surface area contributed by atoms with Crippen molar-refractivity contribution in [3.63, 3.8) is 0 Å². The van der Waals surface area contributed by atoms with Crippen LogP contribution in [0.3, 0.4) is 0 Å². The number of methoxy groups -OCH3 is 2. The lowest BCUT2D eigenvalue weighted by atomic mass is 9.81. The molecule has 1 aromatic carbocycles. The Hall–Kier alpha value is -1.79. The van der Waals surface area contributed by atoms with Crippen molar-refractivity contribution in [2.75, 3.05) is 32.7 Å². The smallest absolute Gasteiger partial charge is 0.227 e. The number of aryl methyl sites for hydroxylation is 1. The molecule has 0 unspecified atom stereocenters. The normalized spacial score (nSPS) is 19.7. The van der Waals surface area contributed by atoms with E-state index in [1.54, 1.807) is 20.3 Å². The van der Waals surface area contributed by atoms with Gasteiger partial charge < -0.3 is 20.1 Å². The summed E-state index contributed by atoms with van der Waals surface area (Å²) in [5.74, 6) is 0.432. The van der Waals surface area contributed by atoms with Crippen LogP contribution in [0.2, 0.25) is 5.02 Å². The molecule has 1 saturated carbocycles. The molecule has 0 atom stereocenters. The van der Waals surface area contributed by atoms with Gasteiger partial charge in [0.1, 0.15) is 5.75 Å². The van der Waals surface area contributed by atoms with E-state index in [0.29, 0.717) is 55.3 Å². The first-order chi connectivity index (χ1) is 12.5. The van der Waals surface area contributed by atoms with Gasteiger partial charge in [0, 0.05) is 36.6 Å². The van der Waals surface area contributed by atoms with Gasteiger partial charge in [-0.3, -0.25) is 9.59 Å². The zero-order chi connectivity index (χ0) is 19.1. The topological polar surface area (TPSA) is 76.7 Å². The fourth-order valence-electron chi connectivity index (χ4n) is 3.20. The van der Waals surface area contributed by atoms with Crippen molar-refractivity contribution in [2.45, 2.75) is 32.6 Å². The van der Waals surface area contributed by atoms with E-state index in [9.17, 15) is 9.59 Å². The zero-order valence-corrected chi connectivity index (χ0v) is 16.3. The molecule has 0 aromatic heterocycles. The van der Waals surface area contributed by atoms with E-state index >= 15 is 0 Å². The van der Waals surface area contributed by atoms with Crippen molar-refractivity contribution in [2.24, 2.45) is 11.8 Å². The highest BCUT2D eigenvalue weighted by Gasteiger charge is 2.30. The van der Waals surface area contributed by atoms with E-state index in [-0.39, 0.29) is 23.7 Å². The monoisotopic (exact) mass is 382 g/mol. The lowest BCUT2D eigenvalue weighted by Crippen LogP contribution is -2.36. The highest BCUT2D eigenvalue weighted by molar-refractivity contribution is 6.31. The maximum atomic E-state index is 12.6. The largest absolute Gasteiger partial charge is 0.495 e. The Balaban J connectivity index is 1.89. The van der Waals surface area contributed by atoms with E-state index in [2.05, 4.69) is 10.6 Å². The molecule has 0 radical (unpaired) electrons. The summed E-state index contributed by atoms with van der Waals surface area (Å²) in [6.45, 7) is 2.90. The van der Waals surface area contributed by atoms with Gasteiger partial charge in [0.05, 0.1) is 19.4 Å². The molecule has 2 N–H and O–H groups in total. The molecule has 1 aliphatic carbocycles. The van der Waals surface area contributed by atoms with Gasteiger partial charge in [0.2, 0.25) is 11.8 Å².